The van der Waals surface area contributed by atoms with Gasteiger partial charge in [0.25, 0.3) is 5.56 Å². The highest BCUT2D eigenvalue weighted by atomic mass is 79.9. The number of aromatic nitrogens is 2. The van der Waals surface area contributed by atoms with Crippen molar-refractivity contribution in [2.45, 2.75) is 52.0 Å². The first-order valence-corrected chi connectivity index (χ1v) is 10.7. The third-order valence-electron chi connectivity index (χ3n) is 4.39. The highest BCUT2D eigenvalue weighted by Gasteiger charge is 2.11. The molecule has 0 radical (unpaired) electrons. The number of fused-ring (bicyclic) bond motifs is 1. The minimum absolute atomic E-state index is 0.0796. The monoisotopic (exact) mass is 433 g/mol. The maximum Gasteiger partial charge on any atom is 0.270 e. The van der Waals surface area contributed by atoms with Gasteiger partial charge in [-0.25, -0.2) is 4.98 Å². The van der Waals surface area contributed by atoms with Crippen LogP contribution in [0.1, 0.15) is 46.0 Å². The molecule has 1 atom stereocenters. The van der Waals surface area contributed by atoms with Crippen molar-refractivity contribution in [3.63, 3.8) is 0 Å². The number of benzene rings is 1. The standard InChI is InChI=1S/C20H24BrN3OS/c1-3-4-5-6-7-13(2)22-20-23-16-12-17(26-18(16)19(25)24-20)14-8-10-15(21)11-9-14/h8-13H,3-7H2,1-2H3,(H2,22,23,24,25). The van der Waals surface area contributed by atoms with Gasteiger partial charge >= 0.3 is 0 Å². The van der Waals surface area contributed by atoms with Gasteiger partial charge < -0.3 is 5.32 Å². The maximum atomic E-state index is 12.4. The molecule has 0 fully saturated rings. The molecule has 0 amide bonds. The van der Waals surface area contributed by atoms with Gasteiger partial charge in [0.2, 0.25) is 5.95 Å². The first-order chi connectivity index (χ1) is 12.6. The zero-order valence-electron chi connectivity index (χ0n) is 15.1. The van der Waals surface area contributed by atoms with E-state index in [-0.39, 0.29) is 11.6 Å². The van der Waals surface area contributed by atoms with Crippen LogP contribution >= 0.6 is 27.3 Å². The molecule has 0 bridgehead atoms. The molecule has 0 aliphatic heterocycles. The minimum Gasteiger partial charge on any atom is -0.353 e. The number of aromatic amines is 1. The highest BCUT2D eigenvalue weighted by Crippen LogP contribution is 2.31. The highest BCUT2D eigenvalue weighted by molar-refractivity contribution is 9.10. The molecule has 26 heavy (non-hydrogen) atoms. The Labute approximate surface area is 166 Å². The summed E-state index contributed by atoms with van der Waals surface area (Å²) in [5.74, 6) is 0.561. The van der Waals surface area contributed by atoms with Crippen LogP contribution in [-0.4, -0.2) is 16.0 Å². The lowest BCUT2D eigenvalue weighted by molar-refractivity contribution is 0.592. The van der Waals surface area contributed by atoms with E-state index in [9.17, 15) is 4.79 Å². The maximum absolute atomic E-state index is 12.4. The average molecular weight is 434 g/mol. The van der Waals surface area contributed by atoms with E-state index in [1.54, 1.807) is 0 Å². The van der Waals surface area contributed by atoms with Crippen LogP contribution in [0, 0.1) is 0 Å². The molecule has 0 saturated heterocycles. The lowest BCUT2D eigenvalue weighted by Gasteiger charge is -2.13. The quantitative estimate of drug-likeness (QED) is 0.416. The summed E-state index contributed by atoms with van der Waals surface area (Å²) in [6, 6.07) is 10.4. The van der Waals surface area contributed by atoms with Crippen molar-refractivity contribution < 1.29 is 0 Å². The lowest BCUT2D eigenvalue weighted by atomic mass is 10.1. The van der Waals surface area contributed by atoms with Crippen LogP contribution in [0.5, 0.6) is 0 Å². The molecule has 3 aromatic rings. The van der Waals surface area contributed by atoms with E-state index in [1.165, 1.54) is 37.0 Å². The molecule has 1 unspecified atom stereocenters. The summed E-state index contributed by atoms with van der Waals surface area (Å²) < 4.78 is 1.71. The summed E-state index contributed by atoms with van der Waals surface area (Å²) in [6.07, 6.45) is 6.05. The fraction of sp³-hybridized carbons (Fsp3) is 0.400. The number of thiophene rings is 1. The molecular weight excluding hydrogens is 410 g/mol. The second-order valence-electron chi connectivity index (χ2n) is 6.64. The summed E-state index contributed by atoms with van der Waals surface area (Å²) in [5.41, 5.74) is 1.76. The number of unbranched alkanes of at least 4 members (excludes halogenated alkanes) is 3. The molecule has 0 aliphatic rings. The Morgan fingerprint density at radius 1 is 1.23 bits per heavy atom. The predicted molar refractivity (Wildman–Crippen MR) is 115 cm³/mol. The molecule has 2 heterocycles. The fourth-order valence-corrected chi connectivity index (χ4v) is 4.21. The Bertz CT molecular complexity index is 917. The normalized spacial score (nSPS) is 12.4. The molecule has 0 spiro atoms. The van der Waals surface area contributed by atoms with Crippen molar-refractivity contribution in [2.75, 3.05) is 5.32 Å². The Balaban J connectivity index is 1.77. The Morgan fingerprint density at radius 2 is 2.00 bits per heavy atom. The van der Waals surface area contributed by atoms with Gasteiger partial charge in [0.15, 0.2) is 0 Å². The van der Waals surface area contributed by atoms with Crippen LogP contribution < -0.4 is 10.9 Å². The largest absolute Gasteiger partial charge is 0.353 e. The van der Waals surface area contributed by atoms with Crippen molar-refractivity contribution in [1.82, 2.24) is 9.97 Å². The topological polar surface area (TPSA) is 57.8 Å². The number of hydrogen-bond donors (Lipinski definition) is 2. The number of H-pyrrole nitrogens is 1. The van der Waals surface area contributed by atoms with Gasteiger partial charge in [-0.1, -0.05) is 60.7 Å². The van der Waals surface area contributed by atoms with Crippen LogP contribution in [-0.2, 0) is 0 Å². The Hall–Kier alpha value is -1.66. The summed E-state index contributed by atoms with van der Waals surface area (Å²) in [6.45, 7) is 4.35. The number of halogens is 1. The molecule has 138 valence electrons. The van der Waals surface area contributed by atoms with Gasteiger partial charge in [0, 0.05) is 15.4 Å². The number of nitrogens with zero attached hydrogens (tertiary/aromatic N) is 1. The van der Waals surface area contributed by atoms with E-state index in [0.29, 0.717) is 10.6 Å². The molecule has 4 nitrogen and oxygen atoms in total. The number of nitrogens with one attached hydrogen (secondary N) is 2. The molecule has 2 aromatic heterocycles. The van der Waals surface area contributed by atoms with Crippen LogP contribution in [0.15, 0.2) is 39.6 Å². The molecule has 0 saturated carbocycles. The fourth-order valence-electron chi connectivity index (χ4n) is 2.95. The summed E-state index contributed by atoms with van der Waals surface area (Å²) >= 11 is 4.93. The van der Waals surface area contributed by atoms with Crippen LogP contribution in [0.3, 0.4) is 0 Å². The molecular formula is C20H24BrN3OS. The molecule has 6 heteroatoms. The van der Waals surface area contributed by atoms with Crippen molar-refractivity contribution >= 4 is 43.4 Å². The van der Waals surface area contributed by atoms with Crippen molar-refractivity contribution in [2.24, 2.45) is 0 Å². The van der Waals surface area contributed by atoms with E-state index < -0.39 is 0 Å². The molecule has 3 rings (SSSR count). The van der Waals surface area contributed by atoms with Gasteiger partial charge in [-0.15, -0.1) is 11.3 Å². The number of anilines is 1. The van der Waals surface area contributed by atoms with E-state index in [2.05, 4.69) is 45.1 Å². The Kier molecular flexibility index (Phi) is 6.48. The van der Waals surface area contributed by atoms with E-state index in [1.807, 2.05) is 30.3 Å². The molecule has 0 aliphatic carbocycles. The van der Waals surface area contributed by atoms with Crippen LogP contribution in [0.25, 0.3) is 20.7 Å². The molecule has 2 N–H and O–H groups in total. The van der Waals surface area contributed by atoms with E-state index >= 15 is 0 Å². The van der Waals surface area contributed by atoms with E-state index in [4.69, 9.17) is 0 Å². The van der Waals surface area contributed by atoms with Gasteiger partial charge in [0.1, 0.15) is 4.70 Å². The van der Waals surface area contributed by atoms with Gasteiger partial charge in [-0.2, -0.15) is 0 Å². The third kappa shape index (κ3) is 4.74. The van der Waals surface area contributed by atoms with Crippen LogP contribution in [0.4, 0.5) is 5.95 Å². The van der Waals surface area contributed by atoms with E-state index in [0.717, 1.165) is 26.9 Å². The SMILES string of the molecule is CCCCCCC(C)Nc1nc2cc(-c3ccc(Br)cc3)sc2c(=O)[nH]1. The average Bonchev–Trinajstić information content (AvgIpc) is 3.04. The van der Waals surface area contributed by atoms with Gasteiger partial charge in [-0.3, -0.25) is 9.78 Å². The summed E-state index contributed by atoms with van der Waals surface area (Å²) in [7, 11) is 0. The predicted octanol–water partition coefficient (Wildman–Crippen LogP) is 6.18. The van der Waals surface area contributed by atoms with Crippen molar-refractivity contribution in [3.8, 4) is 10.4 Å². The van der Waals surface area contributed by atoms with Crippen molar-refractivity contribution in [1.29, 1.82) is 0 Å². The van der Waals surface area contributed by atoms with Gasteiger partial charge in [-0.05, 0) is 37.1 Å². The van der Waals surface area contributed by atoms with Crippen molar-refractivity contribution in [3.05, 3.63) is 45.2 Å². The summed E-state index contributed by atoms with van der Waals surface area (Å²) in [4.78, 5) is 21.0. The zero-order chi connectivity index (χ0) is 18.5. The second-order valence-corrected chi connectivity index (χ2v) is 8.61. The second kappa shape index (κ2) is 8.82. The lowest BCUT2D eigenvalue weighted by Crippen LogP contribution is -2.19. The Morgan fingerprint density at radius 3 is 2.73 bits per heavy atom. The number of rotatable bonds is 8. The zero-order valence-corrected chi connectivity index (χ0v) is 17.5. The number of hydrogen-bond acceptors (Lipinski definition) is 4. The smallest absolute Gasteiger partial charge is 0.270 e. The summed E-state index contributed by atoms with van der Waals surface area (Å²) in [5, 5.41) is 3.34. The molecule has 1 aromatic carbocycles. The third-order valence-corrected chi connectivity index (χ3v) is 6.09. The first kappa shape index (κ1) is 19.1. The van der Waals surface area contributed by atoms with Crippen LogP contribution in [0.2, 0.25) is 0 Å². The first-order valence-electron chi connectivity index (χ1n) is 9.13. The minimum atomic E-state index is -0.0796. The van der Waals surface area contributed by atoms with Gasteiger partial charge in [0.05, 0.1) is 5.52 Å².